The topological polar surface area (TPSA) is 55.1 Å². The molecule has 1 aliphatic rings. The van der Waals surface area contributed by atoms with Crippen LogP contribution in [0, 0.1) is 0 Å². The number of rotatable bonds is 0. The highest BCUT2D eigenvalue weighted by atomic mass is 16.1. The average Bonchev–Trinajstić information content (AvgIpc) is 1.78. The number of hydrogen-bond donors (Lipinski definition) is 2. The van der Waals surface area contributed by atoms with Crippen molar-refractivity contribution >= 4 is 5.91 Å². The summed E-state index contributed by atoms with van der Waals surface area (Å²) < 4.78 is 0. The lowest BCUT2D eigenvalue weighted by molar-refractivity contribution is -0.125. The van der Waals surface area contributed by atoms with Crippen molar-refractivity contribution in [3.8, 4) is 0 Å². The van der Waals surface area contributed by atoms with Crippen LogP contribution >= 0.6 is 0 Å². The van der Waals surface area contributed by atoms with Crippen LogP contribution in [0.25, 0.3) is 0 Å². The fraction of sp³-hybridized carbons (Fsp3) is 0.857. The van der Waals surface area contributed by atoms with E-state index < -0.39 is 0 Å². The van der Waals surface area contributed by atoms with E-state index in [-0.39, 0.29) is 17.5 Å². The van der Waals surface area contributed by atoms with E-state index in [0.717, 1.165) is 6.42 Å². The number of amides is 1. The van der Waals surface area contributed by atoms with Gasteiger partial charge >= 0.3 is 0 Å². The van der Waals surface area contributed by atoms with E-state index in [4.69, 9.17) is 5.73 Å². The molecule has 0 spiro atoms. The molecular weight excluding hydrogens is 128 g/mol. The lowest BCUT2D eigenvalue weighted by Crippen LogP contribution is -2.59. The Kier molecular flexibility index (Phi) is 1.68. The van der Waals surface area contributed by atoms with Crippen LogP contribution in [0.4, 0.5) is 0 Å². The minimum atomic E-state index is -0.213. The van der Waals surface area contributed by atoms with Gasteiger partial charge in [0.2, 0.25) is 5.91 Å². The van der Waals surface area contributed by atoms with Gasteiger partial charge in [-0.1, -0.05) is 0 Å². The summed E-state index contributed by atoms with van der Waals surface area (Å²) >= 11 is 0. The van der Waals surface area contributed by atoms with Crippen LogP contribution in [-0.4, -0.2) is 17.5 Å². The Hall–Kier alpha value is -0.570. The fourth-order valence-electron chi connectivity index (χ4n) is 1.16. The van der Waals surface area contributed by atoms with Crippen molar-refractivity contribution in [3.63, 3.8) is 0 Å². The third kappa shape index (κ3) is 1.29. The molecule has 0 aromatic rings. The SMILES string of the molecule is CC1(C)NC(=O)CC[C@H]1N. The zero-order valence-corrected chi connectivity index (χ0v) is 6.48. The molecular formula is C7H14N2O. The predicted molar refractivity (Wildman–Crippen MR) is 39.4 cm³/mol. The molecule has 0 radical (unpaired) electrons. The van der Waals surface area contributed by atoms with Gasteiger partial charge in [-0.05, 0) is 20.3 Å². The van der Waals surface area contributed by atoms with Crippen LogP contribution in [0.3, 0.4) is 0 Å². The van der Waals surface area contributed by atoms with E-state index in [2.05, 4.69) is 5.32 Å². The normalized spacial score (nSPS) is 31.5. The molecule has 10 heavy (non-hydrogen) atoms. The minimum Gasteiger partial charge on any atom is -0.350 e. The zero-order chi connectivity index (χ0) is 7.78. The van der Waals surface area contributed by atoms with Crippen LogP contribution in [0.1, 0.15) is 26.7 Å². The van der Waals surface area contributed by atoms with E-state index in [1.807, 2.05) is 13.8 Å². The average molecular weight is 142 g/mol. The highest BCUT2D eigenvalue weighted by molar-refractivity contribution is 5.77. The van der Waals surface area contributed by atoms with Crippen molar-refractivity contribution in [1.29, 1.82) is 0 Å². The molecule has 0 aliphatic carbocycles. The first-order valence-corrected chi connectivity index (χ1v) is 3.59. The van der Waals surface area contributed by atoms with Crippen molar-refractivity contribution in [2.24, 2.45) is 5.73 Å². The Labute approximate surface area is 61.0 Å². The van der Waals surface area contributed by atoms with Gasteiger partial charge in [0, 0.05) is 18.0 Å². The third-order valence-corrected chi connectivity index (χ3v) is 2.07. The molecule has 0 unspecified atom stereocenters. The van der Waals surface area contributed by atoms with Crippen LogP contribution in [0.15, 0.2) is 0 Å². The van der Waals surface area contributed by atoms with E-state index >= 15 is 0 Å². The first kappa shape index (κ1) is 7.54. The molecule has 3 nitrogen and oxygen atoms in total. The maximum absolute atomic E-state index is 10.9. The number of carbonyl (C=O) groups excluding carboxylic acids is 1. The summed E-state index contributed by atoms with van der Waals surface area (Å²) in [6.07, 6.45) is 1.38. The molecule has 1 fully saturated rings. The molecule has 0 aromatic carbocycles. The molecule has 0 aromatic heterocycles. The van der Waals surface area contributed by atoms with Crippen LogP contribution in [0.5, 0.6) is 0 Å². The quantitative estimate of drug-likeness (QED) is 0.500. The standard InChI is InChI=1S/C7H14N2O/c1-7(2)5(8)3-4-6(10)9-7/h5H,3-4,8H2,1-2H3,(H,9,10)/t5-/m1/s1. The molecule has 1 atom stereocenters. The summed E-state index contributed by atoms with van der Waals surface area (Å²) in [5, 5.41) is 2.84. The Balaban J connectivity index is 2.63. The summed E-state index contributed by atoms with van der Waals surface area (Å²) in [7, 11) is 0. The first-order chi connectivity index (χ1) is 4.52. The van der Waals surface area contributed by atoms with Crippen LogP contribution in [-0.2, 0) is 4.79 Å². The van der Waals surface area contributed by atoms with Crippen molar-refractivity contribution in [3.05, 3.63) is 0 Å². The largest absolute Gasteiger partial charge is 0.350 e. The van der Waals surface area contributed by atoms with Gasteiger partial charge < -0.3 is 11.1 Å². The summed E-state index contributed by atoms with van der Waals surface area (Å²) in [5.41, 5.74) is 5.55. The fourth-order valence-corrected chi connectivity index (χ4v) is 1.16. The monoisotopic (exact) mass is 142 g/mol. The minimum absolute atomic E-state index is 0.102. The van der Waals surface area contributed by atoms with Gasteiger partial charge in [0.05, 0.1) is 0 Å². The maximum Gasteiger partial charge on any atom is 0.220 e. The molecule has 3 heteroatoms. The molecule has 1 heterocycles. The van der Waals surface area contributed by atoms with Crippen molar-refractivity contribution in [1.82, 2.24) is 5.32 Å². The third-order valence-electron chi connectivity index (χ3n) is 2.07. The Bertz CT molecular complexity index is 154. The summed E-state index contributed by atoms with van der Waals surface area (Å²) in [6, 6.07) is 0.102. The van der Waals surface area contributed by atoms with E-state index in [9.17, 15) is 4.79 Å². The van der Waals surface area contributed by atoms with E-state index in [0.29, 0.717) is 6.42 Å². The van der Waals surface area contributed by atoms with Gasteiger partial charge in [0.1, 0.15) is 0 Å². The van der Waals surface area contributed by atoms with Gasteiger partial charge in [0.15, 0.2) is 0 Å². The molecule has 0 bridgehead atoms. The number of nitrogens with two attached hydrogens (primary N) is 1. The van der Waals surface area contributed by atoms with Gasteiger partial charge in [-0.3, -0.25) is 4.79 Å². The Morgan fingerprint density at radius 1 is 1.70 bits per heavy atom. The number of piperidine rings is 1. The highest BCUT2D eigenvalue weighted by Crippen LogP contribution is 2.16. The smallest absolute Gasteiger partial charge is 0.220 e. The number of hydrogen-bond acceptors (Lipinski definition) is 2. The summed E-state index contributed by atoms with van der Waals surface area (Å²) in [4.78, 5) is 10.9. The number of nitrogens with one attached hydrogen (secondary N) is 1. The molecule has 1 rings (SSSR count). The molecule has 0 saturated carbocycles. The lowest BCUT2D eigenvalue weighted by Gasteiger charge is -2.36. The Morgan fingerprint density at radius 3 is 2.70 bits per heavy atom. The highest BCUT2D eigenvalue weighted by Gasteiger charge is 2.32. The van der Waals surface area contributed by atoms with Gasteiger partial charge in [0.25, 0.3) is 0 Å². The van der Waals surface area contributed by atoms with Crippen molar-refractivity contribution in [2.75, 3.05) is 0 Å². The van der Waals surface area contributed by atoms with E-state index in [1.165, 1.54) is 0 Å². The van der Waals surface area contributed by atoms with Gasteiger partial charge in [-0.15, -0.1) is 0 Å². The van der Waals surface area contributed by atoms with Crippen molar-refractivity contribution < 1.29 is 4.79 Å². The van der Waals surface area contributed by atoms with Crippen LogP contribution in [0.2, 0.25) is 0 Å². The van der Waals surface area contributed by atoms with Crippen LogP contribution < -0.4 is 11.1 Å². The van der Waals surface area contributed by atoms with Crippen molar-refractivity contribution in [2.45, 2.75) is 38.3 Å². The molecule has 3 N–H and O–H groups in total. The maximum atomic E-state index is 10.9. The molecule has 1 amide bonds. The van der Waals surface area contributed by atoms with Gasteiger partial charge in [-0.2, -0.15) is 0 Å². The summed E-state index contributed by atoms with van der Waals surface area (Å²) in [5.74, 6) is 0.117. The first-order valence-electron chi connectivity index (χ1n) is 3.59. The number of carbonyl (C=O) groups is 1. The lowest BCUT2D eigenvalue weighted by atomic mass is 9.88. The Morgan fingerprint density at radius 2 is 2.30 bits per heavy atom. The second-order valence-corrected chi connectivity index (χ2v) is 3.42. The molecule has 1 aliphatic heterocycles. The van der Waals surface area contributed by atoms with E-state index in [1.54, 1.807) is 0 Å². The zero-order valence-electron chi connectivity index (χ0n) is 6.48. The second kappa shape index (κ2) is 2.23. The summed E-state index contributed by atoms with van der Waals surface area (Å²) in [6.45, 7) is 3.91. The second-order valence-electron chi connectivity index (χ2n) is 3.42. The molecule has 58 valence electrons. The molecule has 1 saturated heterocycles. The van der Waals surface area contributed by atoms with Gasteiger partial charge in [-0.25, -0.2) is 0 Å². The predicted octanol–water partition coefficient (Wildman–Crippen LogP) is 0.00230.